The van der Waals surface area contributed by atoms with Crippen molar-refractivity contribution in [2.24, 2.45) is 5.92 Å². The van der Waals surface area contributed by atoms with Gasteiger partial charge in [-0.1, -0.05) is 23.8 Å². The lowest BCUT2D eigenvalue weighted by molar-refractivity contribution is -0.149. The third-order valence-corrected chi connectivity index (χ3v) is 3.18. The predicted octanol–water partition coefficient (Wildman–Crippen LogP) is 2.61. The second kappa shape index (κ2) is 6.34. The van der Waals surface area contributed by atoms with Crippen LogP contribution in [-0.4, -0.2) is 18.9 Å². The molecule has 1 aromatic carbocycles. The third-order valence-electron chi connectivity index (χ3n) is 3.18. The molecular formula is C15H20O3. The first kappa shape index (κ1) is 14.4. The smallest absolute Gasteiger partial charge is 0.316 e. The third kappa shape index (κ3) is 3.69. The summed E-state index contributed by atoms with van der Waals surface area (Å²) in [5.74, 6) is -1.21. The number of esters is 1. The molecule has 3 heteroatoms. The Balaban J connectivity index is 2.73. The Bertz CT molecular complexity index is 449. The van der Waals surface area contributed by atoms with Crippen LogP contribution in [0.4, 0.5) is 0 Å². The van der Waals surface area contributed by atoms with E-state index in [0.717, 1.165) is 0 Å². The second-order valence-corrected chi connectivity index (χ2v) is 4.66. The number of hydrogen-bond acceptors (Lipinski definition) is 3. The molecular weight excluding hydrogens is 228 g/mol. The maximum absolute atomic E-state index is 11.5. The van der Waals surface area contributed by atoms with Crippen LogP contribution in [0.2, 0.25) is 0 Å². The Hall–Kier alpha value is -1.64. The van der Waals surface area contributed by atoms with Crippen molar-refractivity contribution in [3.63, 3.8) is 0 Å². The second-order valence-electron chi connectivity index (χ2n) is 4.66. The number of Topliss-reactive ketones (excluding diaryl/α,β-unsaturated/α-hetero) is 1. The molecule has 1 atom stereocenters. The maximum atomic E-state index is 11.5. The van der Waals surface area contributed by atoms with Gasteiger partial charge in [-0.3, -0.25) is 9.59 Å². The summed E-state index contributed by atoms with van der Waals surface area (Å²) in [6.07, 6.45) is 1.22. The number of rotatable bonds is 5. The van der Waals surface area contributed by atoms with E-state index in [1.54, 1.807) is 0 Å². The molecule has 0 aliphatic heterocycles. The SMILES string of the molecule is COC(=O)C(CCc1ccc(C)cc1C)C(C)=O. The van der Waals surface area contributed by atoms with Crippen LogP contribution in [0.1, 0.15) is 30.0 Å². The van der Waals surface area contributed by atoms with E-state index in [-0.39, 0.29) is 5.78 Å². The van der Waals surface area contributed by atoms with E-state index in [1.807, 2.05) is 19.9 Å². The van der Waals surface area contributed by atoms with E-state index in [2.05, 4.69) is 16.9 Å². The van der Waals surface area contributed by atoms with Crippen molar-refractivity contribution in [2.45, 2.75) is 33.6 Å². The topological polar surface area (TPSA) is 43.4 Å². The molecule has 0 N–H and O–H groups in total. The molecule has 98 valence electrons. The average molecular weight is 248 g/mol. The van der Waals surface area contributed by atoms with Crippen molar-refractivity contribution in [3.05, 3.63) is 34.9 Å². The lowest BCUT2D eigenvalue weighted by Gasteiger charge is -2.12. The Kier molecular flexibility index (Phi) is 5.08. The summed E-state index contributed by atoms with van der Waals surface area (Å²) in [7, 11) is 1.31. The normalized spacial score (nSPS) is 12.0. The van der Waals surface area contributed by atoms with Gasteiger partial charge in [-0.15, -0.1) is 0 Å². The highest BCUT2D eigenvalue weighted by molar-refractivity contribution is 5.97. The number of carbonyl (C=O) groups is 2. The number of aryl methyl sites for hydroxylation is 3. The highest BCUT2D eigenvalue weighted by Crippen LogP contribution is 2.16. The van der Waals surface area contributed by atoms with Crippen molar-refractivity contribution in [1.82, 2.24) is 0 Å². The number of hydrogen-bond donors (Lipinski definition) is 0. The van der Waals surface area contributed by atoms with Crippen LogP contribution in [0.15, 0.2) is 18.2 Å². The van der Waals surface area contributed by atoms with Gasteiger partial charge < -0.3 is 4.74 Å². The minimum atomic E-state index is -0.643. The van der Waals surface area contributed by atoms with Crippen LogP contribution in [-0.2, 0) is 20.7 Å². The van der Waals surface area contributed by atoms with Crippen molar-refractivity contribution in [2.75, 3.05) is 7.11 Å². The first-order valence-corrected chi connectivity index (χ1v) is 6.10. The monoisotopic (exact) mass is 248 g/mol. The number of benzene rings is 1. The van der Waals surface area contributed by atoms with Crippen molar-refractivity contribution < 1.29 is 14.3 Å². The maximum Gasteiger partial charge on any atom is 0.316 e. The zero-order valence-electron chi connectivity index (χ0n) is 11.4. The number of ether oxygens (including phenoxy) is 1. The lowest BCUT2D eigenvalue weighted by Crippen LogP contribution is -2.24. The summed E-state index contributed by atoms with van der Waals surface area (Å²) < 4.78 is 4.65. The van der Waals surface area contributed by atoms with Gasteiger partial charge in [0, 0.05) is 0 Å². The summed E-state index contributed by atoms with van der Waals surface area (Å²) in [6.45, 7) is 5.52. The average Bonchev–Trinajstić information content (AvgIpc) is 2.31. The minimum Gasteiger partial charge on any atom is -0.468 e. The van der Waals surface area contributed by atoms with Gasteiger partial charge >= 0.3 is 5.97 Å². The molecule has 0 aliphatic rings. The van der Waals surface area contributed by atoms with E-state index in [0.29, 0.717) is 12.8 Å². The fourth-order valence-electron chi connectivity index (χ4n) is 2.06. The first-order chi connectivity index (χ1) is 8.45. The van der Waals surface area contributed by atoms with Crippen LogP contribution in [0.3, 0.4) is 0 Å². The molecule has 1 rings (SSSR count). The largest absolute Gasteiger partial charge is 0.468 e. The van der Waals surface area contributed by atoms with E-state index < -0.39 is 11.9 Å². The van der Waals surface area contributed by atoms with Crippen LogP contribution in [0.25, 0.3) is 0 Å². The van der Waals surface area contributed by atoms with E-state index >= 15 is 0 Å². The van der Waals surface area contributed by atoms with Gasteiger partial charge in [0.25, 0.3) is 0 Å². The number of carbonyl (C=O) groups excluding carboxylic acids is 2. The molecule has 0 spiro atoms. The minimum absolute atomic E-state index is 0.133. The van der Waals surface area contributed by atoms with Gasteiger partial charge in [-0.25, -0.2) is 0 Å². The van der Waals surface area contributed by atoms with Gasteiger partial charge in [0.05, 0.1) is 7.11 Å². The molecule has 0 saturated heterocycles. The fraction of sp³-hybridized carbons (Fsp3) is 0.467. The van der Waals surface area contributed by atoms with Crippen LogP contribution in [0, 0.1) is 19.8 Å². The molecule has 0 bridgehead atoms. The molecule has 0 aromatic heterocycles. The molecule has 0 saturated carbocycles. The molecule has 0 aliphatic carbocycles. The molecule has 0 heterocycles. The Morgan fingerprint density at radius 1 is 1.28 bits per heavy atom. The van der Waals surface area contributed by atoms with Crippen LogP contribution < -0.4 is 0 Å². The van der Waals surface area contributed by atoms with Gasteiger partial charge in [-0.05, 0) is 44.7 Å². The summed E-state index contributed by atoms with van der Waals surface area (Å²) in [6, 6.07) is 6.21. The standard InChI is InChI=1S/C15H20O3/c1-10-5-6-13(11(2)9-10)7-8-14(12(3)16)15(17)18-4/h5-6,9,14H,7-8H2,1-4H3. The highest BCUT2D eigenvalue weighted by Gasteiger charge is 2.23. The zero-order chi connectivity index (χ0) is 13.7. The van der Waals surface area contributed by atoms with Crippen molar-refractivity contribution >= 4 is 11.8 Å². The first-order valence-electron chi connectivity index (χ1n) is 6.10. The molecule has 0 fully saturated rings. The summed E-state index contributed by atoms with van der Waals surface area (Å²) in [4.78, 5) is 22.9. The van der Waals surface area contributed by atoms with Gasteiger partial charge in [0.15, 0.2) is 0 Å². The fourth-order valence-corrected chi connectivity index (χ4v) is 2.06. The Morgan fingerprint density at radius 2 is 1.94 bits per heavy atom. The number of methoxy groups -OCH3 is 1. The molecule has 0 radical (unpaired) electrons. The van der Waals surface area contributed by atoms with E-state index in [9.17, 15) is 9.59 Å². The molecule has 1 aromatic rings. The molecule has 1 unspecified atom stereocenters. The summed E-state index contributed by atoms with van der Waals surface area (Å²) in [5.41, 5.74) is 3.59. The molecule has 3 nitrogen and oxygen atoms in total. The van der Waals surface area contributed by atoms with E-state index in [1.165, 1.54) is 30.7 Å². The summed E-state index contributed by atoms with van der Waals surface area (Å²) >= 11 is 0. The highest BCUT2D eigenvalue weighted by atomic mass is 16.5. The lowest BCUT2D eigenvalue weighted by atomic mass is 9.94. The predicted molar refractivity (Wildman–Crippen MR) is 70.4 cm³/mol. The van der Waals surface area contributed by atoms with Gasteiger partial charge in [0.1, 0.15) is 11.7 Å². The summed E-state index contributed by atoms with van der Waals surface area (Å²) in [5, 5.41) is 0. The van der Waals surface area contributed by atoms with Gasteiger partial charge in [0.2, 0.25) is 0 Å². The van der Waals surface area contributed by atoms with Crippen molar-refractivity contribution in [1.29, 1.82) is 0 Å². The van der Waals surface area contributed by atoms with Gasteiger partial charge in [-0.2, -0.15) is 0 Å². The Morgan fingerprint density at radius 3 is 2.44 bits per heavy atom. The Labute approximate surface area is 108 Å². The zero-order valence-corrected chi connectivity index (χ0v) is 11.4. The number of ketones is 1. The van der Waals surface area contributed by atoms with E-state index in [4.69, 9.17) is 0 Å². The van der Waals surface area contributed by atoms with Crippen LogP contribution in [0.5, 0.6) is 0 Å². The quantitative estimate of drug-likeness (QED) is 0.594. The molecule has 18 heavy (non-hydrogen) atoms. The van der Waals surface area contributed by atoms with Crippen molar-refractivity contribution in [3.8, 4) is 0 Å². The van der Waals surface area contributed by atoms with Crippen LogP contribution >= 0.6 is 0 Å². The molecule has 0 amide bonds.